The Morgan fingerprint density at radius 1 is 1.45 bits per heavy atom. The zero-order valence-electron chi connectivity index (χ0n) is 12.7. The number of thioether (sulfide) groups is 1. The number of nitrogens with two attached hydrogens (primary N) is 1. The minimum Gasteiger partial charge on any atom is -0.467 e. The molecule has 3 heterocycles. The fourth-order valence-electron chi connectivity index (χ4n) is 3.09. The van der Waals surface area contributed by atoms with Gasteiger partial charge < -0.3 is 20.2 Å². The van der Waals surface area contributed by atoms with Gasteiger partial charge in [0, 0.05) is 30.9 Å². The Balaban J connectivity index is 1.62. The summed E-state index contributed by atoms with van der Waals surface area (Å²) in [6.45, 7) is 4.42. The number of carbonyl (C=O) groups is 1. The molecule has 0 radical (unpaired) electrons. The van der Waals surface area contributed by atoms with Gasteiger partial charge in [-0.1, -0.05) is 0 Å². The van der Waals surface area contributed by atoms with Gasteiger partial charge in [-0.25, -0.2) is 0 Å². The highest BCUT2D eigenvalue weighted by Crippen LogP contribution is 2.33. The van der Waals surface area contributed by atoms with Crippen LogP contribution < -0.4 is 11.1 Å². The van der Waals surface area contributed by atoms with Crippen molar-refractivity contribution in [2.75, 3.05) is 44.4 Å². The Bertz CT molecular complexity index is 508. The van der Waals surface area contributed by atoms with Gasteiger partial charge in [0.05, 0.1) is 25.3 Å². The summed E-state index contributed by atoms with van der Waals surface area (Å²) < 4.78 is 10.7. The Morgan fingerprint density at radius 3 is 2.91 bits per heavy atom. The Labute approximate surface area is 134 Å². The highest BCUT2D eigenvalue weighted by Gasteiger charge is 2.40. The number of rotatable bonds is 5. The van der Waals surface area contributed by atoms with Crippen molar-refractivity contribution in [2.45, 2.75) is 18.5 Å². The third-order valence-corrected chi connectivity index (χ3v) is 5.69. The number of nitrogens with one attached hydrogen (secondary N) is 1. The second-order valence-electron chi connectivity index (χ2n) is 5.81. The average molecular weight is 325 g/mol. The lowest BCUT2D eigenvalue weighted by Crippen LogP contribution is -2.59. The normalized spacial score (nSPS) is 26.2. The quantitative estimate of drug-likeness (QED) is 0.828. The lowest BCUT2D eigenvalue weighted by atomic mass is 9.95. The summed E-state index contributed by atoms with van der Waals surface area (Å²) in [6, 6.07) is 1.71. The topological polar surface area (TPSA) is 80.7 Å². The van der Waals surface area contributed by atoms with E-state index in [1.54, 1.807) is 6.07 Å². The van der Waals surface area contributed by atoms with Gasteiger partial charge in [0.25, 0.3) is 5.91 Å². The molecule has 1 unspecified atom stereocenters. The van der Waals surface area contributed by atoms with Crippen LogP contribution in [0.3, 0.4) is 0 Å². The van der Waals surface area contributed by atoms with Gasteiger partial charge in [-0.3, -0.25) is 9.69 Å². The van der Waals surface area contributed by atoms with E-state index in [9.17, 15) is 4.79 Å². The first-order chi connectivity index (χ1) is 10.7. The van der Waals surface area contributed by atoms with Crippen LogP contribution in [0, 0.1) is 0 Å². The van der Waals surface area contributed by atoms with Crippen LogP contribution in [0.4, 0.5) is 0 Å². The van der Waals surface area contributed by atoms with Gasteiger partial charge in [-0.05, 0) is 18.2 Å². The molecule has 2 fully saturated rings. The number of hydrogen-bond donors (Lipinski definition) is 2. The van der Waals surface area contributed by atoms with Crippen LogP contribution in [0.25, 0.3) is 0 Å². The van der Waals surface area contributed by atoms with Crippen molar-refractivity contribution >= 4 is 17.7 Å². The third-order valence-electron chi connectivity index (χ3n) is 4.46. The molecule has 1 aromatic heterocycles. The molecule has 0 saturated carbocycles. The number of morpholine rings is 1. The fraction of sp³-hybridized carbons (Fsp3) is 0.667. The first-order valence-electron chi connectivity index (χ1n) is 7.70. The largest absolute Gasteiger partial charge is 0.467 e. The number of nitrogens with zero attached hydrogens (tertiary/aromatic N) is 1. The Morgan fingerprint density at radius 2 is 2.27 bits per heavy atom. The molecule has 7 heteroatoms. The fourth-order valence-corrected chi connectivity index (χ4v) is 4.57. The highest BCUT2D eigenvalue weighted by atomic mass is 32.2. The molecular weight excluding hydrogens is 302 g/mol. The van der Waals surface area contributed by atoms with Crippen molar-refractivity contribution in [3.8, 4) is 0 Å². The minimum atomic E-state index is -0.0898. The van der Waals surface area contributed by atoms with E-state index in [0.29, 0.717) is 24.4 Å². The van der Waals surface area contributed by atoms with Gasteiger partial charge in [0.15, 0.2) is 0 Å². The molecule has 0 aromatic carbocycles. The summed E-state index contributed by atoms with van der Waals surface area (Å²) in [5, 5.41) is 3.08. The van der Waals surface area contributed by atoms with Crippen LogP contribution in [0.15, 0.2) is 16.7 Å². The van der Waals surface area contributed by atoms with Gasteiger partial charge in [-0.15, -0.1) is 0 Å². The molecule has 0 aliphatic carbocycles. The Kier molecular flexibility index (Phi) is 5.07. The maximum atomic E-state index is 12.3. The molecule has 3 rings (SSSR count). The first-order valence-corrected chi connectivity index (χ1v) is 8.85. The molecule has 6 nitrogen and oxygen atoms in total. The molecule has 1 amide bonds. The number of ether oxygens (including phenoxy) is 1. The second-order valence-corrected chi connectivity index (χ2v) is 6.92. The molecule has 0 spiro atoms. The number of carbonyl (C=O) groups excluding carboxylic acids is 1. The SMILES string of the molecule is NCc1cc(C(=O)NCC2(N3CCOCC3)CCSC2)co1. The summed E-state index contributed by atoms with van der Waals surface area (Å²) in [7, 11) is 0. The average Bonchev–Trinajstić information content (AvgIpc) is 3.23. The molecule has 2 aliphatic heterocycles. The molecular formula is C15H23N3O3S. The van der Waals surface area contributed by atoms with Crippen molar-refractivity contribution < 1.29 is 13.9 Å². The van der Waals surface area contributed by atoms with E-state index in [1.165, 1.54) is 6.26 Å². The lowest BCUT2D eigenvalue weighted by Gasteiger charge is -2.43. The third kappa shape index (κ3) is 3.32. The van der Waals surface area contributed by atoms with E-state index >= 15 is 0 Å². The number of furan rings is 1. The number of hydrogen-bond acceptors (Lipinski definition) is 6. The molecule has 1 aromatic rings. The summed E-state index contributed by atoms with van der Waals surface area (Å²) in [5.74, 6) is 2.75. The summed E-state index contributed by atoms with van der Waals surface area (Å²) in [4.78, 5) is 14.8. The van der Waals surface area contributed by atoms with Crippen molar-refractivity contribution in [2.24, 2.45) is 5.73 Å². The molecule has 1 atom stereocenters. The van der Waals surface area contributed by atoms with Crippen LogP contribution >= 0.6 is 11.8 Å². The summed E-state index contributed by atoms with van der Waals surface area (Å²) >= 11 is 1.96. The van der Waals surface area contributed by atoms with Gasteiger partial charge in [-0.2, -0.15) is 11.8 Å². The van der Waals surface area contributed by atoms with Gasteiger partial charge in [0.1, 0.15) is 12.0 Å². The van der Waals surface area contributed by atoms with Crippen molar-refractivity contribution in [1.29, 1.82) is 0 Å². The zero-order chi connectivity index (χ0) is 15.4. The number of amides is 1. The molecule has 0 bridgehead atoms. The molecule has 22 heavy (non-hydrogen) atoms. The van der Waals surface area contributed by atoms with Crippen molar-refractivity contribution in [3.63, 3.8) is 0 Å². The first kappa shape index (κ1) is 15.9. The zero-order valence-corrected chi connectivity index (χ0v) is 13.5. The van der Waals surface area contributed by atoms with Crippen molar-refractivity contribution in [1.82, 2.24) is 10.2 Å². The second kappa shape index (κ2) is 7.04. The molecule has 3 N–H and O–H groups in total. The maximum absolute atomic E-state index is 12.3. The van der Waals surface area contributed by atoms with Crippen LogP contribution in [0.2, 0.25) is 0 Å². The monoisotopic (exact) mass is 325 g/mol. The summed E-state index contributed by atoms with van der Waals surface area (Å²) in [5.41, 5.74) is 6.11. The van der Waals surface area contributed by atoms with E-state index in [-0.39, 0.29) is 11.4 Å². The Hall–Kier alpha value is -1.02. The highest BCUT2D eigenvalue weighted by molar-refractivity contribution is 7.99. The molecule has 2 aliphatic rings. The maximum Gasteiger partial charge on any atom is 0.254 e. The van der Waals surface area contributed by atoms with Crippen LogP contribution in [0.5, 0.6) is 0 Å². The standard InChI is InChI=1S/C15H23N3O3S/c16-8-13-7-12(9-21-13)14(19)17-10-15(1-6-22-11-15)18-2-4-20-5-3-18/h7,9H,1-6,8,10-11,16H2,(H,17,19). The van der Waals surface area contributed by atoms with Gasteiger partial charge in [0.2, 0.25) is 0 Å². The molecule has 2 saturated heterocycles. The van der Waals surface area contributed by atoms with Crippen LogP contribution in [0.1, 0.15) is 22.5 Å². The van der Waals surface area contributed by atoms with E-state index < -0.39 is 0 Å². The van der Waals surface area contributed by atoms with E-state index in [1.807, 2.05) is 11.8 Å². The predicted molar refractivity (Wildman–Crippen MR) is 86.0 cm³/mol. The van der Waals surface area contributed by atoms with Crippen LogP contribution in [-0.2, 0) is 11.3 Å². The predicted octanol–water partition coefficient (Wildman–Crippen LogP) is 0.676. The molecule has 122 valence electrons. The smallest absolute Gasteiger partial charge is 0.254 e. The van der Waals surface area contributed by atoms with E-state index in [2.05, 4.69) is 10.2 Å². The lowest BCUT2D eigenvalue weighted by molar-refractivity contribution is -0.0129. The minimum absolute atomic E-state index is 0.0601. The summed E-state index contributed by atoms with van der Waals surface area (Å²) in [6.07, 6.45) is 2.58. The van der Waals surface area contributed by atoms with Crippen molar-refractivity contribution in [3.05, 3.63) is 23.7 Å². The van der Waals surface area contributed by atoms with E-state index in [4.69, 9.17) is 14.9 Å². The van der Waals surface area contributed by atoms with E-state index in [0.717, 1.165) is 44.2 Å². The van der Waals surface area contributed by atoms with Crippen LogP contribution in [-0.4, -0.2) is 60.7 Å². The van der Waals surface area contributed by atoms with Gasteiger partial charge >= 0.3 is 0 Å².